The average molecular weight is 298 g/mol. The standard InChI is InChI=1S/C13H14N2O.C4H4O2/c16-10-14-11-6-8-13(9-7-11)15-12-4-2-1-3-5-12;1-3-2-6-4(3)5/h1-9,14-16H,10H2;2H,1H3. The van der Waals surface area contributed by atoms with Gasteiger partial charge in [-0.25, -0.2) is 4.79 Å². The van der Waals surface area contributed by atoms with E-state index in [1.165, 1.54) is 6.26 Å². The van der Waals surface area contributed by atoms with Gasteiger partial charge in [-0.05, 0) is 43.3 Å². The first-order valence-corrected chi connectivity index (χ1v) is 6.83. The van der Waals surface area contributed by atoms with Gasteiger partial charge in [0.05, 0.1) is 5.57 Å². The fourth-order valence-electron chi connectivity index (χ4n) is 1.68. The minimum absolute atomic E-state index is 0.0501. The highest BCUT2D eigenvalue weighted by Gasteiger charge is 2.12. The fraction of sp³-hybridized carbons (Fsp3) is 0.118. The molecular weight excluding hydrogens is 280 g/mol. The highest BCUT2D eigenvalue weighted by molar-refractivity contribution is 5.92. The first kappa shape index (κ1) is 15.6. The highest BCUT2D eigenvalue weighted by Crippen LogP contribution is 2.18. The number of nitrogens with one attached hydrogen (secondary N) is 2. The summed E-state index contributed by atoms with van der Waals surface area (Å²) in [5.74, 6) is -0.199. The van der Waals surface area contributed by atoms with Gasteiger partial charge in [-0.3, -0.25) is 0 Å². The lowest BCUT2D eigenvalue weighted by Gasteiger charge is -2.07. The van der Waals surface area contributed by atoms with Crippen LogP contribution in [0, 0.1) is 0 Å². The van der Waals surface area contributed by atoms with Gasteiger partial charge in [0.15, 0.2) is 0 Å². The number of esters is 1. The van der Waals surface area contributed by atoms with Gasteiger partial charge in [0.1, 0.15) is 13.0 Å². The van der Waals surface area contributed by atoms with Crippen LogP contribution in [-0.4, -0.2) is 17.8 Å². The largest absolute Gasteiger partial charge is 0.430 e. The number of aliphatic hydroxyl groups is 1. The maximum Gasteiger partial charge on any atom is 0.341 e. The molecule has 0 aromatic heterocycles. The molecule has 0 unspecified atom stereocenters. The summed E-state index contributed by atoms with van der Waals surface area (Å²) >= 11 is 0. The van der Waals surface area contributed by atoms with Crippen LogP contribution in [0.3, 0.4) is 0 Å². The van der Waals surface area contributed by atoms with Crippen molar-refractivity contribution in [1.82, 2.24) is 0 Å². The lowest BCUT2D eigenvalue weighted by Crippen LogP contribution is -2.10. The Hall–Kier alpha value is -2.79. The summed E-state index contributed by atoms with van der Waals surface area (Å²) in [6, 6.07) is 17.8. The topological polar surface area (TPSA) is 70.6 Å². The zero-order valence-electron chi connectivity index (χ0n) is 12.2. The van der Waals surface area contributed by atoms with Crippen LogP contribution >= 0.6 is 0 Å². The van der Waals surface area contributed by atoms with Crippen molar-refractivity contribution in [1.29, 1.82) is 0 Å². The van der Waals surface area contributed by atoms with Crippen LogP contribution in [0.4, 0.5) is 17.1 Å². The van der Waals surface area contributed by atoms with Crippen LogP contribution in [0.2, 0.25) is 0 Å². The number of rotatable bonds is 4. The van der Waals surface area contributed by atoms with Crippen LogP contribution in [0.1, 0.15) is 6.92 Å². The van der Waals surface area contributed by atoms with Gasteiger partial charge in [-0.1, -0.05) is 18.2 Å². The average Bonchev–Trinajstić information content (AvgIpc) is 2.57. The molecular formula is C17H18N2O3. The number of benzene rings is 2. The van der Waals surface area contributed by atoms with E-state index in [2.05, 4.69) is 15.4 Å². The van der Waals surface area contributed by atoms with E-state index in [-0.39, 0.29) is 12.7 Å². The third-order valence-electron chi connectivity index (χ3n) is 2.90. The SMILES string of the molecule is CC1=COC1=O.OCNc1ccc(Nc2ccccc2)cc1. The van der Waals surface area contributed by atoms with Crippen LogP contribution in [0.15, 0.2) is 66.4 Å². The monoisotopic (exact) mass is 298 g/mol. The lowest BCUT2D eigenvalue weighted by atomic mass is 10.2. The molecule has 0 bridgehead atoms. The highest BCUT2D eigenvalue weighted by atomic mass is 16.5. The molecule has 0 spiro atoms. The van der Waals surface area contributed by atoms with E-state index < -0.39 is 0 Å². The van der Waals surface area contributed by atoms with E-state index in [9.17, 15) is 4.79 Å². The van der Waals surface area contributed by atoms with E-state index in [0.29, 0.717) is 5.57 Å². The van der Waals surface area contributed by atoms with Gasteiger partial charge in [0, 0.05) is 17.1 Å². The summed E-state index contributed by atoms with van der Waals surface area (Å²) in [6.07, 6.45) is 1.43. The smallest absolute Gasteiger partial charge is 0.341 e. The molecule has 0 saturated heterocycles. The third kappa shape index (κ3) is 4.64. The van der Waals surface area contributed by atoms with Crippen molar-refractivity contribution in [3.63, 3.8) is 0 Å². The van der Waals surface area contributed by atoms with Gasteiger partial charge >= 0.3 is 5.97 Å². The molecule has 0 radical (unpaired) electrons. The van der Waals surface area contributed by atoms with E-state index in [0.717, 1.165) is 17.1 Å². The van der Waals surface area contributed by atoms with E-state index in [1.54, 1.807) is 6.92 Å². The Labute approximate surface area is 129 Å². The minimum atomic E-state index is -0.199. The Bertz CT molecular complexity index is 637. The molecule has 1 heterocycles. The summed E-state index contributed by atoms with van der Waals surface area (Å²) in [7, 11) is 0. The minimum Gasteiger partial charge on any atom is -0.430 e. The van der Waals surface area contributed by atoms with Crippen LogP contribution in [0.5, 0.6) is 0 Å². The van der Waals surface area contributed by atoms with Gasteiger partial charge in [0.25, 0.3) is 0 Å². The van der Waals surface area contributed by atoms with Crippen LogP contribution < -0.4 is 10.6 Å². The molecule has 1 aliphatic rings. The van der Waals surface area contributed by atoms with Crippen molar-refractivity contribution in [3.8, 4) is 0 Å². The number of para-hydroxylation sites is 1. The Morgan fingerprint density at radius 3 is 1.95 bits per heavy atom. The van der Waals surface area contributed by atoms with Crippen molar-refractivity contribution >= 4 is 23.0 Å². The molecule has 3 rings (SSSR count). The summed E-state index contributed by atoms with van der Waals surface area (Å²) in [4.78, 5) is 9.94. The third-order valence-corrected chi connectivity index (χ3v) is 2.90. The van der Waals surface area contributed by atoms with E-state index in [1.807, 2.05) is 54.6 Å². The number of carbonyl (C=O) groups is 1. The van der Waals surface area contributed by atoms with Crippen molar-refractivity contribution in [2.75, 3.05) is 17.4 Å². The lowest BCUT2D eigenvalue weighted by molar-refractivity contribution is -0.138. The Morgan fingerprint density at radius 2 is 1.50 bits per heavy atom. The fourth-order valence-corrected chi connectivity index (χ4v) is 1.68. The summed E-state index contributed by atoms with van der Waals surface area (Å²) < 4.78 is 4.24. The predicted molar refractivity (Wildman–Crippen MR) is 86.7 cm³/mol. The van der Waals surface area contributed by atoms with Crippen molar-refractivity contribution in [2.24, 2.45) is 0 Å². The molecule has 5 heteroatoms. The molecule has 114 valence electrons. The number of hydrogen-bond donors (Lipinski definition) is 3. The molecule has 2 aromatic carbocycles. The number of carbonyl (C=O) groups excluding carboxylic acids is 1. The molecule has 0 saturated carbocycles. The normalized spacial score (nSPS) is 12.1. The Morgan fingerprint density at radius 1 is 0.955 bits per heavy atom. The molecule has 0 fully saturated rings. The van der Waals surface area contributed by atoms with Gasteiger partial charge < -0.3 is 20.5 Å². The second kappa shape index (κ2) is 7.85. The first-order valence-electron chi connectivity index (χ1n) is 6.83. The van der Waals surface area contributed by atoms with Gasteiger partial charge in [-0.15, -0.1) is 0 Å². The first-order chi connectivity index (χ1) is 10.7. The molecule has 0 amide bonds. The summed E-state index contributed by atoms with van der Waals surface area (Å²) in [5, 5.41) is 14.8. The Kier molecular flexibility index (Phi) is 5.57. The van der Waals surface area contributed by atoms with E-state index in [4.69, 9.17) is 5.11 Å². The number of cyclic esters (lactones) is 1. The van der Waals surface area contributed by atoms with Crippen molar-refractivity contribution in [2.45, 2.75) is 6.92 Å². The quantitative estimate of drug-likeness (QED) is 0.597. The molecule has 22 heavy (non-hydrogen) atoms. The van der Waals surface area contributed by atoms with Crippen LogP contribution in [-0.2, 0) is 9.53 Å². The Balaban J connectivity index is 0.000000246. The maximum atomic E-state index is 9.94. The predicted octanol–water partition coefficient (Wildman–Crippen LogP) is 3.24. The van der Waals surface area contributed by atoms with Crippen molar-refractivity contribution < 1.29 is 14.6 Å². The van der Waals surface area contributed by atoms with Crippen LogP contribution in [0.25, 0.3) is 0 Å². The summed E-state index contributed by atoms with van der Waals surface area (Å²) in [6.45, 7) is 1.66. The molecule has 2 aromatic rings. The molecule has 3 N–H and O–H groups in total. The maximum absolute atomic E-state index is 9.94. The number of aliphatic hydroxyl groups excluding tert-OH is 1. The molecule has 0 atom stereocenters. The molecule has 5 nitrogen and oxygen atoms in total. The zero-order valence-corrected chi connectivity index (χ0v) is 12.2. The van der Waals surface area contributed by atoms with Gasteiger partial charge in [-0.2, -0.15) is 0 Å². The van der Waals surface area contributed by atoms with Crippen molar-refractivity contribution in [3.05, 3.63) is 66.4 Å². The molecule has 1 aliphatic heterocycles. The number of hydrogen-bond acceptors (Lipinski definition) is 5. The van der Waals surface area contributed by atoms with E-state index >= 15 is 0 Å². The second-order valence-corrected chi connectivity index (χ2v) is 4.61. The summed E-state index contributed by atoms with van der Waals surface area (Å²) in [5.41, 5.74) is 3.69. The molecule has 0 aliphatic carbocycles. The number of anilines is 3. The van der Waals surface area contributed by atoms with Gasteiger partial charge in [0.2, 0.25) is 0 Å². The number of ether oxygens (including phenoxy) is 1. The zero-order chi connectivity index (χ0) is 15.8. The second-order valence-electron chi connectivity index (χ2n) is 4.61.